The van der Waals surface area contributed by atoms with E-state index in [1.807, 2.05) is 62.4 Å². The quantitative estimate of drug-likeness (QED) is 0.761. The Labute approximate surface area is 145 Å². The van der Waals surface area contributed by atoms with E-state index in [0.717, 1.165) is 22.3 Å². The molecule has 0 saturated heterocycles. The van der Waals surface area contributed by atoms with E-state index in [2.05, 4.69) is 9.97 Å². The molecule has 0 amide bonds. The molecule has 126 valence electrons. The van der Waals surface area contributed by atoms with Crippen LogP contribution in [0.15, 0.2) is 48.5 Å². The molecule has 3 rings (SSSR count). The lowest BCUT2D eigenvalue weighted by Crippen LogP contribution is -2.11. The summed E-state index contributed by atoms with van der Waals surface area (Å²) in [5.41, 5.74) is 4.67. The fourth-order valence-electron chi connectivity index (χ4n) is 2.58. The Balaban J connectivity index is 2.28. The summed E-state index contributed by atoms with van der Waals surface area (Å²) < 4.78 is 0. The van der Waals surface area contributed by atoms with Crippen molar-refractivity contribution in [1.82, 2.24) is 9.97 Å². The number of aliphatic hydroxyl groups is 1. The molecular weight excluding hydrogens is 316 g/mol. The number of aryl methyl sites for hydroxylation is 2. The minimum atomic E-state index is -1.21. The first-order valence-electron chi connectivity index (χ1n) is 7.88. The molecule has 0 atom stereocenters. The molecular formula is C20H18N2O3. The zero-order chi connectivity index (χ0) is 18.0. The third kappa shape index (κ3) is 3.41. The van der Waals surface area contributed by atoms with Crippen LogP contribution < -0.4 is 0 Å². The number of carboxylic acid groups (broad SMARTS) is 1. The molecule has 5 nitrogen and oxygen atoms in total. The second kappa shape index (κ2) is 6.83. The van der Waals surface area contributed by atoms with Gasteiger partial charge in [0, 0.05) is 11.1 Å². The molecule has 0 aliphatic rings. The predicted molar refractivity (Wildman–Crippen MR) is 95.3 cm³/mol. The molecule has 1 aromatic heterocycles. The number of aromatic carboxylic acids is 1. The number of rotatable bonds is 4. The standard InChI is InChI=1S/C20H18N2O3/c1-12-3-7-14(8-4-12)17-18(15-9-5-13(2)6-10-15)22-19(20(24)25)16(11-23)21-17/h3-10,23H,11H2,1-2H3,(H,24,25). The minimum absolute atomic E-state index is 0.0546. The number of nitrogens with zero attached hydrogens (tertiary/aromatic N) is 2. The van der Waals surface area contributed by atoms with E-state index in [4.69, 9.17) is 0 Å². The average molecular weight is 334 g/mol. The van der Waals surface area contributed by atoms with E-state index in [1.54, 1.807) is 0 Å². The smallest absolute Gasteiger partial charge is 0.356 e. The van der Waals surface area contributed by atoms with Gasteiger partial charge in [-0.1, -0.05) is 59.7 Å². The van der Waals surface area contributed by atoms with Crippen molar-refractivity contribution in [3.8, 4) is 22.5 Å². The predicted octanol–water partition coefficient (Wildman–Crippen LogP) is 3.62. The van der Waals surface area contributed by atoms with Crippen molar-refractivity contribution in [3.05, 3.63) is 71.0 Å². The fraction of sp³-hybridized carbons (Fsp3) is 0.150. The maximum atomic E-state index is 11.5. The molecule has 0 unspecified atom stereocenters. The van der Waals surface area contributed by atoms with E-state index in [0.29, 0.717) is 11.4 Å². The lowest BCUT2D eigenvalue weighted by molar-refractivity contribution is 0.0686. The summed E-state index contributed by atoms with van der Waals surface area (Å²) in [4.78, 5) is 20.2. The minimum Gasteiger partial charge on any atom is -0.476 e. The van der Waals surface area contributed by atoms with Crippen LogP contribution in [0.25, 0.3) is 22.5 Å². The average Bonchev–Trinajstić information content (AvgIpc) is 2.62. The van der Waals surface area contributed by atoms with Gasteiger partial charge in [0.1, 0.15) is 0 Å². The number of aromatic nitrogens is 2. The number of aliphatic hydroxyl groups excluding tert-OH is 1. The molecule has 0 aliphatic carbocycles. The monoisotopic (exact) mass is 334 g/mol. The number of carbonyl (C=O) groups is 1. The molecule has 0 spiro atoms. The molecule has 0 saturated carbocycles. The Morgan fingerprint density at radius 2 is 1.28 bits per heavy atom. The highest BCUT2D eigenvalue weighted by Gasteiger charge is 2.20. The number of carboxylic acids is 1. The summed E-state index contributed by atoms with van der Waals surface area (Å²) in [7, 11) is 0. The second-order valence-electron chi connectivity index (χ2n) is 5.91. The highest BCUT2D eigenvalue weighted by atomic mass is 16.4. The van der Waals surface area contributed by atoms with Crippen molar-refractivity contribution in [3.63, 3.8) is 0 Å². The summed E-state index contributed by atoms with van der Waals surface area (Å²) in [6, 6.07) is 15.4. The van der Waals surface area contributed by atoms with Gasteiger partial charge in [-0.2, -0.15) is 0 Å². The lowest BCUT2D eigenvalue weighted by Gasteiger charge is -2.13. The molecule has 2 aromatic carbocycles. The van der Waals surface area contributed by atoms with Crippen LogP contribution in [0.5, 0.6) is 0 Å². The van der Waals surface area contributed by atoms with Crippen LogP contribution in [0.1, 0.15) is 27.3 Å². The molecule has 3 aromatic rings. The largest absolute Gasteiger partial charge is 0.476 e. The molecule has 0 fully saturated rings. The Bertz CT molecular complexity index is 917. The first kappa shape index (κ1) is 16.8. The van der Waals surface area contributed by atoms with Gasteiger partial charge in [0.2, 0.25) is 0 Å². The molecule has 5 heteroatoms. The van der Waals surface area contributed by atoms with E-state index < -0.39 is 12.6 Å². The van der Waals surface area contributed by atoms with Gasteiger partial charge in [0.15, 0.2) is 5.69 Å². The van der Waals surface area contributed by atoms with E-state index in [1.165, 1.54) is 0 Å². The van der Waals surface area contributed by atoms with Crippen LogP contribution in [-0.2, 0) is 6.61 Å². The molecule has 25 heavy (non-hydrogen) atoms. The maximum Gasteiger partial charge on any atom is 0.356 e. The second-order valence-corrected chi connectivity index (χ2v) is 5.91. The summed E-state index contributed by atoms with van der Waals surface area (Å²) in [6.45, 7) is 3.48. The number of hydrogen-bond donors (Lipinski definition) is 2. The zero-order valence-electron chi connectivity index (χ0n) is 14.0. The number of benzene rings is 2. The first-order valence-corrected chi connectivity index (χ1v) is 7.88. The van der Waals surface area contributed by atoms with Crippen LogP contribution in [0.3, 0.4) is 0 Å². The van der Waals surface area contributed by atoms with Gasteiger partial charge in [-0.15, -0.1) is 0 Å². The van der Waals surface area contributed by atoms with E-state index >= 15 is 0 Å². The normalized spacial score (nSPS) is 10.7. The fourth-order valence-corrected chi connectivity index (χ4v) is 2.58. The van der Waals surface area contributed by atoms with E-state index in [9.17, 15) is 15.0 Å². The van der Waals surface area contributed by atoms with Crippen molar-refractivity contribution in [2.45, 2.75) is 20.5 Å². The molecule has 0 bridgehead atoms. The Morgan fingerprint density at radius 1 is 0.840 bits per heavy atom. The Morgan fingerprint density at radius 3 is 1.68 bits per heavy atom. The van der Waals surface area contributed by atoms with Crippen LogP contribution in [0.4, 0.5) is 0 Å². The molecule has 2 N–H and O–H groups in total. The van der Waals surface area contributed by atoms with Crippen LogP contribution >= 0.6 is 0 Å². The van der Waals surface area contributed by atoms with Crippen molar-refractivity contribution in [2.75, 3.05) is 0 Å². The van der Waals surface area contributed by atoms with Gasteiger partial charge in [-0.3, -0.25) is 0 Å². The van der Waals surface area contributed by atoms with E-state index in [-0.39, 0.29) is 11.4 Å². The topological polar surface area (TPSA) is 83.3 Å². The molecule has 1 heterocycles. The highest BCUT2D eigenvalue weighted by Crippen LogP contribution is 2.30. The number of hydrogen-bond acceptors (Lipinski definition) is 4. The Kier molecular flexibility index (Phi) is 4.59. The van der Waals surface area contributed by atoms with Gasteiger partial charge in [-0.25, -0.2) is 14.8 Å². The highest BCUT2D eigenvalue weighted by molar-refractivity contribution is 5.89. The van der Waals surface area contributed by atoms with Gasteiger partial charge in [0.05, 0.1) is 23.7 Å². The lowest BCUT2D eigenvalue weighted by atomic mass is 10.0. The first-order chi connectivity index (χ1) is 12.0. The SMILES string of the molecule is Cc1ccc(-c2nc(CO)c(C(=O)O)nc2-c2ccc(C)cc2)cc1. The Hall–Kier alpha value is -3.05. The summed E-state index contributed by atoms with van der Waals surface area (Å²) in [5.74, 6) is -1.21. The van der Waals surface area contributed by atoms with Gasteiger partial charge in [0.25, 0.3) is 0 Å². The van der Waals surface area contributed by atoms with Crippen molar-refractivity contribution >= 4 is 5.97 Å². The van der Waals surface area contributed by atoms with Crippen LogP contribution in [-0.4, -0.2) is 26.2 Å². The van der Waals surface area contributed by atoms with Gasteiger partial charge >= 0.3 is 5.97 Å². The van der Waals surface area contributed by atoms with Gasteiger partial charge < -0.3 is 10.2 Å². The van der Waals surface area contributed by atoms with Crippen molar-refractivity contribution < 1.29 is 15.0 Å². The van der Waals surface area contributed by atoms with Crippen molar-refractivity contribution in [1.29, 1.82) is 0 Å². The van der Waals surface area contributed by atoms with Crippen LogP contribution in [0.2, 0.25) is 0 Å². The third-order valence-electron chi connectivity index (χ3n) is 3.97. The summed E-state index contributed by atoms with van der Waals surface area (Å²) in [5, 5.41) is 18.9. The van der Waals surface area contributed by atoms with Crippen molar-refractivity contribution in [2.24, 2.45) is 0 Å². The molecule has 0 aliphatic heterocycles. The van der Waals surface area contributed by atoms with Crippen LogP contribution in [0, 0.1) is 13.8 Å². The third-order valence-corrected chi connectivity index (χ3v) is 3.97. The molecule has 0 radical (unpaired) electrons. The van der Waals surface area contributed by atoms with Gasteiger partial charge in [-0.05, 0) is 13.8 Å². The summed E-state index contributed by atoms with van der Waals surface area (Å²) >= 11 is 0. The zero-order valence-corrected chi connectivity index (χ0v) is 14.0. The summed E-state index contributed by atoms with van der Waals surface area (Å²) in [6.07, 6.45) is 0. The maximum absolute atomic E-state index is 11.5.